The van der Waals surface area contributed by atoms with Crippen molar-refractivity contribution < 1.29 is 9.90 Å². The molecule has 0 spiro atoms. The van der Waals surface area contributed by atoms with Gasteiger partial charge in [-0.25, -0.2) is 4.98 Å². The Morgan fingerprint density at radius 1 is 1.17 bits per heavy atom. The highest BCUT2D eigenvalue weighted by Gasteiger charge is 2.30. The number of hydrogen-bond donors (Lipinski definition) is 4. The van der Waals surface area contributed by atoms with Crippen LogP contribution in [-0.2, 0) is 0 Å². The zero-order chi connectivity index (χ0) is 24.2. The fourth-order valence-electron chi connectivity index (χ4n) is 5.13. The predicted molar refractivity (Wildman–Crippen MR) is 135 cm³/mol. The van der Waals surface area contributed by atoms with Crippen molar-refractivity contribution in [3.8, 4) is 11.1 Å². The Labute approximate surface area is 205 Å². The number of carbonyl (C=O) groups excluding carboxylic acids is 1. The normalized spacial score (nSPS) is 20.1. The fourth-order valence-corrected chi connectivity index (χ4v) is 5.13. The number of nitrogens with zero attached hydrogens (tertiary/aromatic N) is 4. The maximum atomic E-state index is 13.1. The lowest BCUT2D eigenvalue weighted by molar-refractivity contribution is 0.0933. The molecule has 2 saturated heterocycles. The fraction of sp³-hybridized carbons (Fsp3) is 0.423. The summed E-state index contributed by atoms with van der Waals surface area (Å²) < 4.78 is 2.02. The van der Waals surface area contributed by atoms with E-state index in [2.05, 4.69) is 25.6 Å². The number of aromatic nitrogens is 3. The highest BCUT2D eigenvalue weighted by atomic mass is 16.3. The number of pyridine rings is 1. The number of anilines is 1. The Morgan fingerprint density at radius 3 is 2.74 bits per heavy atom. The second kappa shape index (κ2) is 10.6. The van der Waals surface area contributed by atoms with Crippen LogP contribution in [-0.4, -0.2) is 69.5 Å². The summed E-state index contributed by atoms with van der Waals surface area (Å²) in [6.07, 6.45) is 8.45. The van der Waals surface area contributed by atoms with E-state index < -0.39 is 0 Å². The van der Waals surface area contributed by atoms with Gasteiger partial charge in [-0.05, 0) is 44.0 Å². The van der Waals surface area contributed by atoms with E-state index in [1.165, 1.54) is 0 Å². The zero-order valence-corrected chi connectivity index (χ0v) is 19.8. The predicted octanol–water partition coefficient (Wildman–Crippen LogP) is 1.99. The Morgan fingerprint density at radius 2 is 1.97 bits per heavy atom. The molecule has 184 valence electrons. The third kappa shape index (κ3) is 5.22. The molecule has 35 heavy (non-hydrogen) atoms. The molecule has 2 fully saturated rings. The maximum absolute atomic E-state index is 13.1. The van der Waals surface area contributed by atoms with Gasteiger partial charge < -0.3 is 21.5 Å². The summed E-state index contributed by atoms with van der Waals surface area (Å²) in [5.74, 6) is -0.0147. The highest BCUT2D eigenvalue weighted by molar-refractivity contribution is 5.99. The summed E-state index contributed by atoms with van der Waals surface area (Å²) in [5, 5.41) is 21.0. The van der Waals surface area contributed by atoms with Gasteiger partial charge in [-0.2, -0.15) is 5.10 Å². The standard InChI is InChI=1S/C26H33N7O2/c27-25-23(12-19(13-29-25)20-14-30-33(15-20)22-6-9-28-10-7-22)26(35)31-21-8-11-32(16-21)24(17-34)18-4-2-1-3-5-18/h1-5,12-15,21-22,24,28,34H,6-11,16-17H2,(H2,27,29)(H,31,35). The molecule has 0 aliphatic carbocycles. The number of hydrogen-bond acceptors (Lipinski definition) is 7. The van der Waals surface area contributed by atoms with Crippen molar-refractivity contribution in [1.29, 1.82) is 0 Å². The minimum Gasteiger partial charge on any atom is -0.394 e. The molecule has 1 aromatic carbocycles. The average Bonchev–Trinajstić information content (AvgIpc) is 3.56. The minimum atomic E-state index is -0.227. The summed E-state index contributed by atoms with van der Waals surface area (Å²) in [5.41, 5.74) is 9.29. The Bertz CT molecular complexity index is 1140. The molecule has 4 heterocycles. The van der Waals surface area contributed by atoms with E-state index in [0.29, 0.717) is 18.2 Å². The molecule has 2 aliphatic rings. The molecule has 2 unspecified atom stereocenters. The number of benzene rings is 1. The molecule has 0 bridgehead atoms. The number of piperidine rings is 1. The van der Waals surface area contributed by atoms with Gasteiger partial charge in [0, 0.05) is 42.7 Å². The van der Waals surface area contributed by atoms with E-state index in [1.807, 2.05) is 47.4 Å². The summed E-state index contributed by atoms with van der Waals surface area (Å²) in [6, 6.07) is 12.1. The van der Waals surface area contributed by atoms with E-state index in [4.69, 9.17) is 5.73 Å². The van der Waals surface area contributed by atoms with Gasteiger partial charge in [-0.15, -0.1) is 0 Å². The van der Waals surface area contributed by atoms with Crippen LogP contribution in [0.1, 0.15) is 47.3 Å². The molecule has 2 aromatic heterocycles. The van der Waals surface area contributed by atoms with Crippen LogP contribution < -0.4 is 16.4 Å². The number of nitrogens with one attached hydrogen (secondary N) is 2. The zero-order valence-electron chi connectivity index (χ0n) is 19.8. The first-order valence-electron chi connectivity index (χ1n) is 12.3. The first-order chi connectivity index (χ1) is 17.1. The van der Waals surface area contributed by atoms with Crippen molar-refractivity contribution in [2.75, 3.05) is 38.5 Å². The van der Waals surface area contributed by atoms with Crippen LogP contribution in [0.25, 0.3) is 11.1 Å². The molecule has 2 atom stereocenters. The first kappa shape index (κ1) is 23.5. The second-order valence-electron chi connectivity index (χ2n) is 9.41. The maximum Gasteiger partial charge on any atom is 0.255 e. The molecular formula is C26H33N7O2. The number of aliphatic hydroxyl groups is 1. The van der Waals surface area contributed by atoms with Crippen LogP contribution in [0.15, 0.2) is 55.0 Å². The Balaban J connectivity index is 1.26. The van der Waals surface area contributed by atoms with Gasteiger partial charge in [0.1, 0.15) is 5.82 Å². The van der Waals surface area contributed by atoms with Crippen LogP contribution >= 0.6 is 0 Å². The monoisotopic (exact) mass is 475 g/mol. The van der Waals surface area contributed by atoms with Crippen molar-refractivity contribution in [3.63, 3.8) is 0 Å². The number of likely N-dealkylation sites (tertiary alicyclic amines) is 1. The van der Waals surface area contributed by atoms with Crippen LogP contribution in [0.2, 0.25) is 0 Å². The van der Waals surface area contributed by atoms with Gasteiger partial charge >= 0.3 is 0 Å². The molecule has 9 heteroatoms. The number of nitrogen functional groups attached to an aromatic ring is 1. The van der Waals surface area contributed by atoms with Crippen molar-refractivity contribution in [2.24, 2.45) is 0 Å². The number of rotatable bonds is 7. The Kier molecular flexibility index (Phi) is 7.08. The van der Waals surface area contributed by atoms with Crippen molar-refractivity contribution in [1.82, 2.24) is 30.3 Å². The molecule has 0 saturated carbocycles. The molecule has 9 nitrogen and oxygen atoms in total. The lowest BCUT2D eigenvalue weighted by atomic mass is 10.1. The topological polar surface area (TPSA) is 121 Å². The van der Waals surface area contributed by atoms with Gasteiger partial charge in [0.25, 0.3) is 5.91 Å². The summed E-state index contributed by atoms with van der Waals surface area (Å²) in [4.78, 5) is 19.7. The number of nitrogens with two attached hydrogens (primary N) is 1. The van der Waals surface area contributed by atoms with E-state index in [1.54, 1.807) is 12.3 Å². The molecule has 1 amide bonds. The van der Waals surface area contributed by atoms with E-state index in [0.717, 1.165) is 55.6 Å². The quantitative estimate of drug-likeness (QED) is 0.412. The third-order valence-corrected chi connectivity index (χ3v) is 7.13. The van der Waals surface area contributed by atoms with Gasteiger partial charge in [-0.3, -0.25) is 14.4 Å². The van der Waals surface area contributed by atoms with Crippen molar-refractivity contribution in [2.45, 2.75) is 37.4 Å². The summed E-state index contributed by atoms with van der Waals surface area (Å²) in [7, 11) is 0. The average molecular weight is 476 g/mol. The van der Waals surface area contributed by atoms with Gasteiger partial charge in [0.15, 0.2) is 0 Å². The van der Waals surface area contributed by atoms with Crippen molar-refractivity contribution in [3.05, 3.63) is 66.1 Å². The van der Waals surface area contributed by atoms with Gasteiger partial charge in [0.2, 0.25) is 0 Å². The largest absolute Gasteiger partial charge is 0.394 e. The van der Waals surface area contributed by atoms with Crippen LogP contribution in [0.4, 0.5) is 5.82 Å². The number of aliphatic hydroxyl groups excluding tert-OH is 1. The molecule has 5 N–H and O–H groups in total. The first-order valence-corrected chi connectivity index (χ1v) is 12.3. The SMILES string of the molecule is Nc1ncc(-c2cnn(C3CCNCC3)c2)cc1C(=O)NC1CCN(C(CO)c2ccccc2)C1. The third-order valence-electron chi connectivity index (χ3n) is 7.13. The van der Waals surface area contributed by atoms with Crippen molar-refractivity contribution >= 4 is 11.7 Å². The molecule has 5 rings (SSSR count). The smallest absolute Gasteiger partial charge is 0.255 e. The lowest BCUT2D eigenvalue weighted by Gasteiger charge is -2.26. The van der Waals surface area contributed by atoms with Gasteiger partial charge in [0.05, 0.1) is 30.5 Å². The Hall–Kier alpha value is -3.27. The van der Waals surface area contributed by atoms with Crippen LogP contribution in [0, 0.1) is 0 Å². The molecule has 2 aliphatic heterocycles. The van der Waals surface area contributed by atoms with E-state index >= 15 is 0 Å². The number of carbonyl (C=O) groups is 1. The van der Waals surface area contributed by atoms with Gasteiger partial charge in [-0.1, -0.05) is 30.3 Å². The summed E-state index contributed by atoms with van der Waals surface area (Å²) in [6.45, 7) is 3.50. The van der Waals surface area contributed by atoms with E-state index in [-0.39, 0.29) is 30.4 Å². The van der Waals surface area contributed by atoms with Crippen LogP contribution in [0.5, 0.6) is 0 Å². The molecule has 3 aromatic rings. The lowest BCUT2D eigenvalue weighted by Crippen LogP contribution is -2.38. The number of amides is 1. The minimum absolute atomic E-state index is 0.0222. The highest BCUT2D eigenvalue weighted by Crippen LogP contribution is 2.27. The second-order valence-corrected chi connectivity index (χ2v) is 9.41. The van der Waals surface area contributed by atoms with E-state index in [9.17, 15) is 9.90 Å². The van der Waals surface area contributed by atoms with Crippen LogP contribution in [0.3, 0.4) is 0 Å². The molecular weight excluding hydrogens is 442 g/mol. The molecule has 0 radical (unpaired) electrons. The summed E-state index contributed by atoms with van der Waals surface area (Å²) >= 11 is 0.